The van der Waals surface area contributed by atoms with Crippen LogP contribution in [0.25, 0.3) is 0 Å². The van der Waals surface area contributed by atoms with E-state index in [1.807, 2.05) is 13.8 Å². The Bertz CT molecular complexity index is 98.4. The fourth-order valence-electron chi connectivity index (χ4n) is 0.870. The second-order valence-corrected chi connectivity index (χ2v) is 2.98. The summed E-state index contributed by atoms with van der Waals surface area (Å²) in [6, 6.07) is -0.274. The highest BCUT2D eigenvalue weighted by molar-refractivity contribution is 4.61. The first-order chi connectivity index (χ1) is 5.02. The predicted molar refractivity (Wildman–Crippen MR) is 39.4 cm³/mol. The van der Waals surface area contributed by atoms with E-state index in [0.29, 0.717) is 12.3 Å². The number of rotatable bonds is 5. The molecule has 0 aliphatic carbocycles. The first-order valence-electron chi connectivity index (χ1n) is 3.67. The lowest BCUT2D eigenvalue weighted by Crippen LogP contribution is -2.28. The van der Waals surface area contributed by atoms with Crippen molar-refractivity contribution in [3.05, 3.63) is 0 Å². The van der Waals surface area contributed by atoms with Gasteiger partial charge in [0.1, 0.15) is 0 Å². The minimum atomic E-state index is -2.70. The third-order valence-electron chi connectivity index (χ3n) is 1.21. The molecule has 1 atom stereocenters. The SMILES string of the molecule is CC(C)CC(N)COC(F)F. The molecule has 0 radical (unpaired) electrons. The van der Waals surface area contributed by atoms with Crippen molar-refractivity contribution in [3.63, 3.8) is 0 Å². The third-order valence-corrected chi connectivity index (χ3v) is 1.21. The second kappa shape index (κ2) is 5.43. The van der Waals surface area contributed by atoms with Crippen molar-refractivity contribution in [1.82, 2.24) is 0 Å². The largest absolute Gasteiger partial charge is 0.345 e. The monoisotopic (exact) mass is 167 g/mol. The highest BCUT2D eigenvalue weighted by Crippen LogP contribution is 2.04. The zero-order valence-corrected chi connectivity index (χ0v) is 6.89. The number of ether oxygens (including phenoxy) is 1. The molecule has 0 saturated heterocycles. The summed E-state index contributed by atoms with van der Waals surface area (Å²) in [6.45, 7) is 1.22. The van der Waals surface area contributed by atoms with E-state index in [0.717, 1.165) is 0 Å². The molecule has 0 amide bonds. The summed E-state index contributed by atoms with van der Waals surface area (Å²) >= 11 is 0. The molecule has 1 unspecified atom stereocenters. The summed E-state index contributed by atoms with van der Waals surface area (Å²) in [5, 5.41) is 0. The van der Waals surface area contributed by atoms with Crippen LogP contribution in [0.1, 0.15) is 20.3 Å². The topological polar surface area (TPSA) is 35.2 Å². The zero-order valence-electron chi connectivity index (χ0n) is 6.89. The summed E-state index contributed by atoms with van der Waals surface area (Å²) in [5.74, 6) is 0.422. The molecule has 0 fully saturated rings. The van der Waals surface area contributed by atoms with Crippen molar-refractivity contribution < 1.29 is 13.5 Å². The van der Waals surface area contributed by atoms with E-state index in [9.17, 15) is 8.78 Å². The Morgan fingerprint density at radius 2 is 1.91 bits per heavy atom. The molecule has 0 aromatic rings. The van der Waals surface area contributed by atoms with Gasteiger partial charge in [-0.2, -0.15) is 8.78 Å². The predicted octanol–water partition coefficient (Wildman–Crippen LogP) is 1.60. The van der Waals surface area contributed by atoms with Gasteiger partial charge >= 0.3 is 6.61 Å². The van der Waals surface area contributed by atoms with Crippen LogP contribution in [0.5, 0.6) is 0 Å². The number of nitrogens with two attached hydrogens (primary N) is 1. The Labute approximate surface area is 65.7 Å². The molecule has 0 aliphatic rings. The van der Waals surface area contributed by atoms with Gasteiger partial charge in [-0.25, -0.2) is 0 Å². The van der Waals surface area contributed by atoms with Crippen molar-refractivity contribution in [3.8, 4) is 0 Å². The van der Waals surface area contributed by atoms with Crippen LogP contribution in [0.15, 0.2) is 0 Å². The lowest BCUT2D eigenvalue weighted by atomic mass is 10.1. The van der Waals surface area contributed by atoms with Gasteiger partial charge in [0.15, 0.2) is 0 Å². The molecule has 0 saturated carbocycles. The number of hydrogen-bond acceptors (Lipinski definition) is 2. The third kappa shape index (κ3) is 7.68. The maximum atomic E-state index is 11.5. The minimum Gasteiger partial charge on any atom is -0.326 e. The van der Waals surface area contributed by atoms with Gasteiger partial charge in [0.2, 0.25) is 0 Å². The van der Waals surface area contributed by atoms with Crippen LogP contribution in [0.3, 0.4) is 0 Å². The first kappa shape index (κ1) is 10.8. The fraction of sp³-hybridized carbons (Fsp3) is 1.00. The summed E-state index contributed by atoms with van der Waals surface area (Å²) in [5.41, 5.74) is 5.46. The smallest absolute Gasteiger partial charge is 0.326 e. The zero-order chi connectivity index (χ0) is 8.85. The van der Waals surface area contributed by atoms with E-state index in [1.54, 1.807) is 0 Å². The summed E-state index contributed by atoms with van der Waals surface area (Å²) < 4.78 is 27.0. The normalized spacial score (nSPS) is 14.5. The molecule has 0 aromatic heterocycles. The van der Waals surface area contributed by atoms with Gasteiger partial charge in [-0.1, -0.05) is 13.8 Å². The summed E-state index contributed by atoms with van der Waals surface area (Å²) in [6.07, 6.45) is 0.715. The highest BCUT2D eigenvalue weighted by atomic mass is 19.3. The van der Waals surface area contributed by atoms with E-state index >= 15 is 0 Å². The maximum absolute atomic E-state index is 11.5. The maximum Gasteiger partial charge on any atom is 0.345 e. The average Bonchev–Trinajstić information content (AvgIpc) is 1.82. The Morgan fingerprint density at radius 1 is 1.36 bits per heavy atom. The lowest BCUT2D eigenvalue weighted by Gasteiger charge is -2.13. The summed E-state index contributed by atoms with van der Waals surface area (Å²) in [7, 11) is 0. The van der Waals surface area contributed by atoms with Crippen molar-refractivity contribution in [2.75, 3.05) is 6.61 Å². The molecule has 0 aliphatic heterocycles. The molecule has 2 N–H and O–H groups in total. The Kier molecular flexibility index (Phi) is 5.32. The van der Waals surface area contributed by atoms with Gasteiger partial charge in [-0.05, 0) is 12.3 Å². The number of alkyl halides is 2. The quantitative estimate of drug-likeness (QED) is 0.675. The van der Waals surface area contributed by atoms with Gasteiger partial charge in [0.05, 0.1) is 6.61 Å². The minimum absolute atomic E-state index is 0.0597. The van der Waals surface area contributed by atoms with Crippen molar-refractivity contribution in [1.29, 1.82) is 0 Å². The molecular weight excluding hydrogens is 152 g/mol. The van der Waals surface area contributed by atoms with E-state index in [-0.39, 0.29) is 12.6 Å². The lowest BCUT2D eigenvalue weighted by molar-refractivity contribution is -0.132. The van der Waals surface area contributed by atoms with E-state index in [4.69, 9.17) is 5.73 Å². The highest BCUT2D eigenvalue weighted by Gasteiger charge is 2.08. The Hall–Kier alpha value is -0.220. The van der Waals surface area contributed by atoms with E-state index in [1.165, 1.54) is 0 Å². The number of halogens is 2. The van der Waals surface area contributed by atoms with E-state index in [2.05, 4.69) is 4.74 Å². The van der Waals surface area contributed by atoms with Gasteiger partial charge in [-0.3, -0.25) is 0 Å². The molecule has 0 spiro atoms. The molecule has 68 valence electrons. The molecular formula is C7H15F2NO. The molecule has 0 heterocycles. The average molecular weight is 167 g/mol. The van der Waals surface area contributed by atoms with Crippen LogP contribution in [-0.4, -0.2) is 19.3 Å². The Morgan fingerprint density at radius 3 is 2.27 bits per heavy atom. The molecule has 4 heteroatoms. The molecule has 0 rings (SSSR count). The van der Waals surface area contributed by atoms with Crippen molar-refractivity contribution in [2.45, 2.75) is 32.9 Å². The fourth-order valence-corrected chi connectivity index (χ4v) is 0.870. The van der Waals surface area contributed by atoms with Gasteiger partial charge < -0.3 is 10.5 Å². The summed E-state index contributed by atoms with van der Waals surface area (Å²) in [4.78, 5) is 0. The van der Waals surface area contributed by atoms with Gasteiger partial charge in [-0.15, -0.1) is 0 Å². The number of hydrogen-bond donors (Lipinski definition) is 1. The first-order valence-corrected chi connectivity index (χ1v) is 3.67. The van der Waals surface area contributed by atoms with Gasteiger partial charge in [0, 0.05) is 6.04 Å². The van der Waals surface area contributed by atoms with Crippen LogP contribution < -0.4 is 5.73 Å². The van der Waals surface area contributed by atoms with Crippen LogP contribution in [-0.2, 0) is 4.74 Å². The molecule has 0 bridgehead atoms. The standard InChI is InChI=1S/C7H15F2NO/c1-5(2)3-6(10)4-11-7(8)9/h5-7H,3-4,10H2,1-2H3. The van der Waals surface area contributed by atoms with E-state index < -0.39 is 6.61 Å². The molecule has 2 nitrogen and oxygen atoms in total. The Balaban J connectivity index is 3.29. The van der Waals surface area contributed by atoms with Crippen molar-refractivity contribution >= 4 is 0 Å². The van der Waals surface area contributed by atoms with Crippen LogP contribution >= 0.6 is 0 Å². The molecule has 0 aromatic carbocycles. The van der Waals surface area contributed by atoms with Crippen LogP contribution in [0.4, 0.5) is 8.78 Å². The van der Waals surface area contributed by atoms with Crippen LogP contribution in [0.2, 0.25) is 0 Å². The van der Waals surface area contributed by atoms with Gasteiger partial charge in [0.25, 0.3) is 0 Å². The van der Waals surface area contributed by atoms with Crippen molar-refractivity contribution in [2.24, 2.45) is 11.7 Å². The second-order valence-electron chi connectivity index (χ2n) is 2.98. The van der Waals surface area contributed by atoms with Crippen LogP contribution in [0, 0.1) is 5.92 Å². The molecule has 11 heavy (non-hydrogen) atoms.